The molecule has 7 heteroatoms. The minimum Gasteiger partial charge on any atom is -0.493 e. The Morgan fingerprint density at radius 3 is 1.88 bits per heavy atom. The van der Waals surface area contributed by atoms with Gasteiger partial charge in [0.1, 0.15) is 0 Å². The van der Waals surface area contributed by atoms with Gasteiger partial charge in [0.15, 0.2) is 16.6 Å². The van der Waals surface area contributed by atoms with Gasteiger partial charge in [-0.15, -0.1) is 0 Å². The van der Waals surface area contributed by atoms with E-state index in [2.05, 4.69) is 0 Å². The van der Waals surface area contributed by atoms with Crippen LogP contribution in [0.1, 0.15) is 0 Å². The summed E-state index contributed by atoms with van der Waals surface area (Å²) in [5.41, 5.74) is 5.99. The van der Waals surface area contributed by atoms with Gasteiger partial charge in [0.05, 0.1) is 27.0 Å². The molecule has 1 rings (SSSR count). The molecule has 0 bridgehead atoms. The maximum atomic E-state index is 5.69. The van der Waals surface area contributed by atoms with Crippen LogP contribution in [-0.4, -0.2) is 26.4 Å². The number of thiocarbonyl (C=S) groups is 1. The van der Waals surface area contributed by atoms with Gasteiger partial charge in [0.2, 0.25) is 5.75 Å². The number of hydrogen-bond acceptors (Lipinski definition) is 5. The third-order valence-corrected chi connectivity index (χ3v) is 2.36. The van der Waals surface area contributed by atoms with Gasteiger partial charge in [-0.05, 0) is 12.2 Å². The van der Waals surface area contributed by atoms with Crippen molar-refractivity contribution >= 4 is 23.0 Å². The number of anilines is 1. The Morgan fingerprint density at radius 1 is 1.12 bits per heavy atom. The topological polar surface area (TPSA) is 83.0 Å². The van der Waals surface area contributed by atoms with E-state index in [9.17, 15) is 0 Å². The van der Waals surface area contributed by atoms with Crippen LogP contribution in [0.4, 0.5) is 5.69 Å². The molecule has 0 heterocycles. The van der Waals surface area contributed by atoms with Crippen LogP contribution in [0, 0.1) is 0 Å². The van der Waals surface area contributed by atoms with Crippen LogP contribution < -0.4 is 30.8 Å². The van der Waals surface area contributed by atoms with Crippen LogP contribution in [-0.2, 0) is 0 Å². The molecular weight excluding hydrogens is 242 g/mol. The molecule has 94 valence electrons. The first kappa shape index (κ1) is 13.3. The van der Waals surface area contributed by atoms with Gasteiger partial charge in [-0.2, -0.15) is 0 Å². The lowest BCUT2D eigenvalue weighted by Gasteiger charge is -2.19. The maximum absolute atomic E-state index is 5.69. The minimum absolute atomic E-state index is 0.0410. The molecule has 0 fully saturated rings. The van der Waals surface area contributed by atoms with Crippen molar-refractivity contribution in [1.82, 2.24) is 0 Å². The summed E-state index contributed by atoms with van der Waals surface area (Å²) in [5.74, 6) is 7.13. The summed E-state index contributed by atoms with van der Waals surface area (Å²) in [6, 6.07) is 3.31. The van der Waals surface area contributed by atoms with Crippen molar-refractivity contribution in [2.45, 2.75) is 0 Å². The molecule has 0 aliphatic rings. The second kappa shape index (κ2) is 5.55. The SMILES string of the molecule is COc1cc(N(N)C(N)=S)cc(OC)c1OC. The lowest BCUT2D eigenvalue weighted by atomic mass is 10.2. The molecule has 1 aromatic carbocycles. The van der Waals surface area contributed by atoms with Gasteiger partial charge < -0.3 is 19.9 Å². The summed E-state index contributed by atoms with van der Waals surface area (Å²) in [4.78, 5) is 0. The smallest absolute Gasteiger partial charge is 0.203 e. The van der Waals surface area contributed by atoms with E-state index in [1.165, 1.54) is 21.3 Å². The van der Waals surface area contributed by atoms with Crippen molar-refractivity contribution in [3.05, 3.63) is 12.1 Å². The van der Waals surface area contributed by atoms with Crippen LogP contribution in [0.15, 0.2) is 12.1 Å². The molecule has 0 saturated heterocycles. The van der Waals surface area contributed by atoms with E-state index in [1.54, 1.807) is 12.1 Å². The highest BCUT2D eigenvalue weighted by atomic mass is 32.1. The Bertz CT molecular complexity index is 400. The zero-order valence-corrected chi connectivity index (χ0v) is 10.7. The number of hydrazine groups is 1. The molecule has 0 aliphatic heterocycles. The number of ether oxygens (including phenoxy) is 3. The van der Waals surface area contributed by atoms with Crippen LogP contribution in [0.3, 0.4) is 0 Å². The highest BCUT2D eigenvalue weighted by Crippen LogP contribution is 2.40. The first-order chi connectivity index (χ1) is 8.04. The molecule has 0 aliphatic carbocycles. The van der Waals surface area contributed by atoms with Crippen molar-refractivity contribution < 1.29 is 14.2 Å². The number of nitrogens with zero attached hydrogens (tertiary/aromatic N) is 1. The second-order valence-electron chi connectivity index (χ2n) is 3.09. The molecule has 0 radical (unpaired) electrons. The Morgan fingerprint density at radius 2 is 1.59 bits per heavy atom. The quantitative estimate of drug-likeness (QED) is 0.465. The summed E-state index contributed by atoms with van der Waals surface area (Å²) in [6.07, 6.45) is 0. The number of benzene rings is 1. The third kappa shape index (κ3) is 2.69. The van der Waals surface area contributed by atoms with Gasteiger partial charge in [0, 0.05) is 12.1 Å². The first-order valence-corrected chi connectivity index (χ1v) is 5.10. The van der Waals surface area contributed by atoms with E-state index in [0.717, 1.165) is 5.01 Å². The fraction of sp³-hybridized carbons (Fsp3) is 0.300. The molecule has 4 N–H and O–H groups in total. The predicted molar refractivity (Wildman–Crippen MR) is 69.5 cm³/mol. The van der Waals surface area contributed by atoms with Gasteiger partial charge >= 0.3 is 0 Å². The molecule has 6 nitrogen and oxygen atoms in total. The fourth-order valence-corrected chi connectivity index (χ4v) is 1.44. The molecule has 0 atom stereocenters. The average molecular weight is 257 g/mol. The largest absolute Gasteiger partial charge is 0.493 e. The number of nitrogens with two attached hydrogens (primary N) is 2. The molecule has 0 saturated carbocycles. The van der Waals surface area contributed by atoms with Gasteiger partial charge in [-0.25, -0.2) is 5.84 Å². The van der Waals surface area contributed by atoms with Crippen LogP contribution >= 0.6 is 12.2 Å². The van der Waals surface area contributed by atoms with E-state index >= 15 is 0 Å². The highest BCUT2D eigenvalue weighted by Gasteiger charge is 2.16. The van der Waals surface area contributed by atoms with E-state index < -0.39 is 0 Å². The van der Waals surface area contributed by atoms with Gasteiger partial charge in [0.25, 0.3) is 0 Å². The molecule has 0 unspecified atom stereocenters. The molecule has 0 aromatic heterocycles. The van der Waals surface area contributed by atoms with Crippen LogP contribution in [0.25, 0.3) is 0 Å². The maximum Gasteiger partial charge on any atom is 0.203 e. The van der Waals surface area contributed by atoms with Crippen molar-refractivity contribution in [1.29, 1.82) is 0 Å². The first-order valence-electron chi connectivity index (χ1n) is 4.69. The van der Waals surface area contributed by atoms with Crippen LogP contribution in [0.2, 0.25) is 0 Å². The van der Waals surface area contributed by atoms with E-state index in [-0.39, 0.29) is 5.11 Å². The number of hydrogen-bond donors (Lipinski definition) is 2. The lowest BCUT2D eigenvalue weighted by molar-refractivity contribution is 0.324. The zero-order chi connectivity index (χ0) is 13.0. The summed E-state index contributed by atoms with van der Waals surface area (Å²) in [5, 5.41) is 1.19. The number of methoxy groups -OCH3 is 3. The Hall–Kier alpha value is -1.73. The summed E-state index contributed by atoms with van der Waals surface area (Å²) in [7, 11) is 4.55. The van der Waals surface area contributed by atoms with Crippen molar-refractivity contribution in [3.63, 3.8) is 0 Å². The van der Waals surface area contributed by atoms with E-state index in [0.29, 0.717) is 22.9 Å². The Labute approximate surface area is 105 Å². The fourth-order valence-electron chi connectivity index (χ4n) is 1.33. The van der Waals surface area contributed by atoms with Crippen LogP contribution in [0.5, 0.6) is 17.2 Å². The average Bonchev–Trinajstić information content (AvgIpc) is 2.35. The highest BCUT2D eigenvalue weighted by molar-refractivity contribution is 7.80. The molecule has 0 amide bonds. The van der Waals surface area contributed by atoms with Gasteiger partial charge in [-0.1, -0.05) is 0 Å². The Balaban J connectivity index is 3.31. The summed E-state index contributed by atoms with van der Waals surface area (Å²) in [6.45, 7) is 0. The summed E-state index contributed by atoms with van der Waals surface area (Å²) < 4.78 is 15.5. The second-order valence-corrected chi connectivity index (χ2v) is 3.51. The molecular formula is C10H15N3O3S. The zero-order valence-electron chi connectivity index (χ0n) is 9.89. The minimum atomic E-state index is 0.0410. The molecule has 17 heavy (non-hydrogen) atoms. The summed E-state index contributed by atoms with van der Waals surface area (Å²) >= 11 is 4.79. The lowest BCUT2D eigenvalue weighted by Crippen LogP contribution is -2.41. The van der Waals surface area contributed by atoms with Gasteiger partial charge in [-0.3, -0.25) is 5.01 Å². The standard InChI is InChI=1S/C10H15N3O3S/c1-14-7-4-6(13(12)10(11)17)5-8(15-2)9(7)16-3/h4-5H,12H2,1-3H3,(H2,11,17). The Kier molecular flexibility index (Phi) is 4.36. The predicted octanol–water partition coefficient (Wildman–Crippen LogP) is 0.636. The molecule has 0 spiro atoms. The van der Waals surface area contributed by atoms with E-state index in [1.807, 2.05) is 0 Å². The molecule has 1 aromatic rings. The third-order valence-electron chi connectivity index (χ3n) is 2.17. The van der Waals surface area contributed by atoms with Crippen molar-refractivity contribution in [2.24, 2.45) is 11.6 Å². The monoisotopic (exact) mass is 257 g/mol. The van der Waals surface area contributed by atoms with Crippen molar-refractivity contribution in [3.8, 4) is 17.2 Å². The number of rotatable bonds is 4. The van der Waals surface area contributed by atoms with E-state index in [4.69, 9.17) is 38.0 Å². The normalized spacial score (nSPS) is 9.65. The van der Waals surface area contributed by atoms with Crippen molar-refractivity contribution in [2.75, 3.05) is 26.3 Å².